The molecule has 2 aromatic carbocycles. The van der Waals surface area contributed by atoms with Crippen LogP contribution in [-0.2, 0) is 6.42 Å². The molecule has 0 aliphatic rings. The minimum Gasteiger partial charge on any atom is -0.508 e. The zero-order valence-electron chi connectivity index (χ0n) is 13.5. The molecule has 0 heterocycles. The van der Waals surface area contributed by atoms with Crippen molar-refractivity contribution in [2.24, 2.45) is 0 Å². The van der Waals surface area contributed by atoms with Crippen molar-refractivity contribution in [2.45, 2.75) is 39.7 Å². The molecule has 0 fully saturated rings. The second-order valence-electron chi connectivity index (χ2n) is 5.82. The summed E-state index contributed by atoms with van der Waals surface area (Å²) in [4.78, 5) is 0. The maximum Gasteiger partial charge on any atom is 0.125 e. The van der Waals surface area contributed by atoms with Crippen LogP contribution >= 0.6 is 0 Å². The van der Waals surface area contributed by atoms with E-state index in [9.17, 15) is 25.5 Å². The lowest BCUT2D eigenvalue weighted by atomic mass is 9.91. The minimum absolute atomic E-state index is 0.0354. The first-order valence-electron chi connectivity index (χ1n) is 7.45. The molecule has 2 aromatic rings. The molecule has 0 saturated heterocycles. The smallest absolute Gasteiger partial charge is 0.125 e. The van der Waals surface area contributed by atoms with Crippen molar-refractivity contribution in [3.63, 3.8) is 0 Å². The molecule has 5 nitrogen and oxygen atoms in total. The van der Waals surface area contributed by atoms with Gasteiger partial charge in [0.2, 0.25) is 0 Å². The number of rotatable bonds is 4. The average Bonchev–Trinajstić information content (AvgIpc) is 2.50. The third-order valence-corrected chi connectivity index (χ3v) is 4.41. The first-order chi connectivity index (χ1) is 10.8. The van der Waals surface area contributed by atoms with Gasteiger partial charge in [0.05, 0.1) is 6.10 Å². The van der Waals surface area contributed by atoms with E-state index in [0.717, 1.165) is 0 Å². The number of hydrogen-bond donors (Lipinski definition) is 5. The van der Waals surface area contributed by atoms with Crippen molar-refractivity contribution in [3.05, 3.63) is 46.0 Å². The van der Waals surface area contributed by atoms with Gasteiger partial charge < -0.3 is 25.5 Å². The van der Waals surface area contributed by atoms with E-state index >= 15 is 0 Å². The van der Waals surface area contributed by atoms with Crippen LogP contribution < -0.4 is 0 Å². The van der Waals surface area contributed by atoms with E-state index in [4.69, 9.17) is 0 Å². The second kappa shape index (κ2) is 6.38. The molecule has 0 aliphatic heterocycles. The van der Waals surface area contributed by atoms with Crippen LogP contribution in [0.5, 0.6) is 23.0 Å². The van der Waals surface area contributed by atoms with E-state index < -0.39 is 6.10 Å². The van der Waals surface area contributed by atoms with Crippen molar-refractivity contribution >= 4 is 0 Å². The predicted molar refractivity (Wildman–Crippen MR) is 87.0 cm³/mol. The van der Waals surface area contributed by atoms with Crippen LogP contribution in [0.4, 0.5) is 0 Å². The number of hydrogen-bond acceptors (Lipinski definition) is 5. The molecule has 5 N–H and O–H groups in total. The molecule has 124 valence electrons. The van der Waals surface area contributed by atoms with Gasteiger partial charge in [0.25, 0.3) is 0 Å². The Balaban J connectivity index is 2.30. The molecule has 0 aromatic heterocycles. The van der Waals surface area contributed by atoms with E-state index in [1.54, 1.807) is 20.8 Å². The number of aromatic hydroxyl groups is 4. The SMILES string of the molecule is Cc1c(C)c(O)c(C(O)CCc2c(O)cccc2O)c(C)c1O. The standard InChI is InChI=1S/C18H22O5/c1-9-10(2)18(23)16(11(3)17(9)22)15(21)8-7-12-13(19)5-4-6-14(12)20/h4-6,15,19-23H,7-8H2,1-3H3. The van der Waals surface area contributed by atoms with Crippen LogP contribution in [0.1, 0.15) is 40.3 Å². The fraction of sp³-hybridized carbons (Fsp3) is 0.333. The van der Waals surface area contributed by atoms with E-state index in [1.165, 1.54) is 18.2 Å². The summed E-state index contributed by atoms with van der Waals surface area (Å²) in [7, 11) is 0. The van der Waals surface area contributed by atoms with E-state index in [0.29, 0.717) is 22.3 Å². The summed E-state index contributed by atoms with van der Waals surface area (Å²) in [5, 5.41) is 50.4. The van der Waals surface area contributed by atoms with Crippen LogP contribution in [0.15, 0.2) is 18.2 Å². The Hall–Kier alpha value is -2.40. The van der Waals surface area contributed by atoms with Gasteiger partial charge in [0.1, 0.15) is 23.0 Å². The fourth-order valence-corrected chi connectivity index (χ4v) is 2.80. The Bertz CT molecular complexity index is 687. The van der Waals surface area contributed by atoms with Gasteiger partial charge in [-0.05, 0) is 56.9 Å². The Morgan fingerprint density at radius 1 is 0.826 bits per heavy atom. The lowest BCUT2D eigenvalue weighted by molar-refractivity contribution is 0.162. The normalized spacial score (nSPS) is 12.3. The van der Waals surface area contributed by atoms with Crippen LogP contribution in [0.25, 0.3) is 0 Å². The van der Waals surface area contributed by atoms with Crippen molar-refractivity contribution in [2.75, 3.05) is 0 Å². The van der Waals surface area contributed by atoms with Crippen molar-refractivity contribution < 1.29 is 25.5 Å². The summed E-state index contributed by atoms with van der Waals surface area (Å²) in [6, 6.07) is 4.46. The lowest BCUT2D eigenvalue weighted by Crippen LogP contribution is -2.05. The number of benzene rings is 2. The van der Waals surface area contributed by atoms with Crippen molar-refractivity contribution in [1.29, 1.82) is 0 Å². The predicted octanol–water partition coefficient (Wildman–Crippen LogP) is 3.10. The summed E-state index contributed by atoms with van der Waals surface area (Å²) >= 11 is 0. The lowest BCUT2D eigenvalue weighted by Gasteiger charge is -2.20. The Kier molecular flexibility index (Phi) is 4.71. The molecule has 1 atom stereocenters. The summed E-state index contributed by atoms with van der Waals surface area (Å²) in [5.41, 5.74) is 2.15. The van der Waals surface area contributed by atoms with Gasteiger partial charge in [-0.2, -0.15) is 0 Å². The third-order valence-electron chi connectivity index (χ3n) is 4.41. The van der Waals surface area contributed by atoms with Crippen LogP contribution in [0, 0.1) is 20.8 Å². The van der Waals surface area contributed by atoms with Gasteiger partial charge in [0, 0.05) is 16.7 Å². The molecule has 2 rings (SSSR count). The quantitative estimate of drug-likeness (QED) is 0.558. The second-order valence-corrected chi connectivity index (χ2v) is 5.82. The fourth-order valence-electron chi connectivity index (χ4n) is 2.80. The minimum atomic E-state index is -1.03. The van der Waals surface area contributed by atoms with Crippen LogP contribution in [0.2, 0.25) is 0 Å². The zero-order chi connectivity index (χ0) is 17.3. The van der Waals surface area contributed by atoms with E-state index in [-0.39, 0.29) is 41.4 Å². The molecular weight excluding hydrogens is 296 g/mol. The number of phenols is 4. The molecular formula is C18H22O5. The first kappa shape index (κ1) is 17.0. The highest BCUT2D eigenvalue weighted by atomic mass is 16.3. The highest BCUT2D eigenvalue weighted by Gasteiger charge is 2.22. The van der Waals surface area contributed by atoms with Crippen LogP contribution in [-0.4, -0.2) is 25.5 Å². The number of aliphatic hydroxyl groups excluding tert-OH is 1. The summed E-state index contributed by atoms with van der Waals surface area (Å²) in [6.07, 6.45) is -0.618. The van der Waals surface area contributed by atoms with Gasteiger partial charge >= 0.3 is 0 Å². The summed E-state index contributed by atoms with van der Waals surface area (Å²) in [6.45, 7) is 5.01. The molecule has 0 radical (unpaired) electrons. The monoisotopic (exact) mass is 318 g/mol. The zero-order valence-corrected chi connectivity index (χ0v) is 13.5. The van der Waals surface area contributed by atoms with Gasteiger partial charge in [-0.15, -0.1) is 0 Å². The van der Waals surface area contributed by atoms with Gasteiger partial charge in [-0.3, -0.25) is 0 Å². The van der Waals surface area contributed by atoms with Crippen molar-refractivity contribution in [1.82, 2.24) is 0 Å². The van der Waals surface area contributed by atoms with Gasteiger partial charge in [-0.1, -0.05) is 6.07 Å². The maximum absolute atomic E-state index is 10.4. The Labute approximate surface area is 135 Å². The first-order valence-corrected chi connectivity index (χ1v) is 7.45. The van der Waals surface area contributed by atoms with Crippen LogP contribution in [0.3, 0.4) is 0 Å². The maximum atomic E-state index is 10.4. The molecule has 23 heavy (non-hydrogen) atoms. The largest absolute Gasteiger partial charge is 0.508 e. The van der Waals surface area contributed by atoms with Gasteiger partial charge in [-0.25, -0.2) is 0 Å². The number of aliphatic hydroxyl groups is 1. The van der Waals surface area contributed by atoms with Gasteiger partial charge in [0.15, 0.2) is 0 Å². The topological polar surface area (TPSA) is 101 Å². The molecule has 0 bridgehead atoms. The average molecular weight is 318 g/mol. The molecule has 0 spiro atoms. The summed E-state index contributed by atoms with van der Waals surface area (Å²) < 4.78 is 0. The third kappa shape index (κ3) is 3.05. The molecule has 0 saturated carbocycles. The molecule has 1 unspecified atom stereocenters. The van der Waals surface area contributed by atoms with E-state index in [1.807, 2.05) is 0 Å². The Morgan fingerprint density at radius 3 is 1.91 bits per heavy atom. The summed E-state index contributed by atoms with van der Waals surface area (Å²) in [5.74, 6) is -0.0614. The number of phenolic OH excluding ortho intramolecular Hbond substituents is 4. The highest BCUT2D eigenvalue weighted by Crippen LogP contribution is 2.41. The van der Waals surface area contributed by atoms with Crippen molar-refractivity contribution in [3.8, 4) is 23.0 Å². The van der Waals surface area contributed by atoms with E-state index in [2.05, 4.69) is 0 Å². The molecule has 5 heteroatoms. The highest BCUT2D eigenvalue weighted by molar-refractivity contribution is 5.57. The Morgan fingerprint density at radius 2 is 1.35 bits per heavy atom. The molecule has 0 aliphatic carbocycles. The molecule has 0 amide bonds.